The molecule has 0 heterocycles. The van der Waals surface area contributed by atoms with Crippen molar-refractivity contribution in [3.63, 3.8) is 0 Å². The Balaban J connectivity index is 3.00. The summed E-state index contributed by atoms with van der Waals surface area (Å²) in [6.45, 7) is 3.90. The molecule has 1 heteroatoms. The molecule has 0 atom stereocenters. The van der Waals surface area contributed by atoms with Crippen LogP contribution in [0.15, 0.2) is 0 Å². The molecule has 0 aliphatic heterocycles. The zero-order valence-electron chi connectivity index (χ0n) is 16.2. The summed E-state index contributed by atoms with van der Waals surface area (Å²) in [5.41, 5.74) is 0. The molecule has 0 aliphatic carbocycles. The number of rotatable bonds is 17. The van der Waals surface area contributed by atoms with E-state index in [9.17, 15) is 0 Å². The van der Waals surface area contributed by atoms with Gasteiger partial charge in [0.1, 0.15) is 0 Å². The normalized spacial score (nSPS) is 12.0. The molecule has 0 rings (SSSR count). The van der Waals surface area contributed by atoms with Crippen molar-refractivity contribution in [3.05, 3.63) is 6.92 Å². The molecular formula is C21H45Ge. The van der Waals surface area contributed by atoms with Crippen LogP contribution in [0.3, 0.4) is 0 Å². The second-order valence-corrected chi connectivity index (χ2v) is 20.3. The fraction of sp³-hybridized carbons (Fsp3) is 0.952. The predicted molar refractivity (Wildman–Crippen MR) is 107 cm³/mol. The first-order valence-corrected chi connectivity index (χ1v) is 18.1. The monoisotopic (exact) mass is 371 g/mol. The average molecular weight is 370 g/mol. The third-order valence-electron chi connectivity index (χ3n) is 4.68. The van der Waals surface area contributed by atoms with Gasteiger partial charge in [0.25, 0.3) is 0 Å². The van der Waals surface area contributed by atoms with Crippen molar-refractivity contribution in [2.75, 3.05) is 0 Å². The van der Waals surface area contributed by atoms with Gasteiger partial charge in [-0.3, -0.25) is 0 Å². The molecular weight excluding hydrogens is 325 g/mol. The van der Waals surface area contributed by atoms with Crippen LogP contribution in [-0.4, -0.2) is 13.3 Å². The van der Waals surface area contributed by atoms with Gasteiger partial charge in [-0.1, -0.05) is 39.0 Å². The molecule has 0 aromatic rings. The van der Waals surface area contributed by atoms with Crippen LogP contribution < -0.4 is 0 Å². The molecule has 0 unspecified atom stereocenters. The van der Waals surface area contributed by atoms with Crippen molar-refractivity contribution in [2.45, 2.75) is 125 Å². The van der Waals surface area contributed by atoms with Gasteiger partial charge in [-0.15, -0.1) is 0 Å². The van der Waals surface area contributed by atoms with Gasteiger partial charge in [0.15, 0.2) is 0 Å². The third-order valence-corrected chi connectivity index (χ3v) is 8.57. The summed E-state index contributed by atoms with van der Waals surface area (Å²) >= 11 is -1.22. The maximum atomic E-state index is 3.90. The van der Waals surface area contributed by atoms with Gasteiger partial charge in [0.05, 0.1) is 0 Å². The third kappa shape index (κ3) is 20.5. The number of hydrogen-bond acceptors (Lipinski definition) is 0. The van der Waals surface area contributed by atoms with E-state index >= 15 is 0 Å². The minimum atomic E-state index is -1.22. The summed E-state index contributed by atoms with van der Waals surface area (Å²) in [6, 6.07) is 0. The molecule has 0 aromatic carbocycles. The van der Waals surface area contributed by atoms with Gasteiger partial charge in [0, 0.05) is 0 Å². The molecule has 0 N–H and O–H groups in total. The summed E-state index contributed by atoms with van der Waals surface area (Å²) in [5.74, 6) is 7.63. The van der Waals surface area contributed by atoms with Crippen LogP contribution in [0.25, 0.3) is 0 Å². The van der Waals surface area contributed by atoms with Crippen molar-refractivity contribution in [2.24, 2.45) is 0 Å². The Bertz CT molecular complexity index is 204. The van der Waals surface area contributed by atoms with E-state index < -0.39 is 13.3 Å². The summed E-state index contributed by atoms with van der Waals surface area (Å²) in [7, 11) is 0. The first-order chi connectivity index (χ1) is 10.6. The standard InChI is InChI=1S/C21H45Ge/c1-5-6-7-8-9-10-11-12-13-14-15-16-17-18-19-20-21-22(2,3)4/h1,5-21H2,2-4H3. The topological polar surface area (TPSA) is 0 Å². The molecule has 133 valence electrons. The molecule has 1 radical (unpaired) electrons. The predicted octanol–water partition coefficient (Wildman–Crippen LogP) is 8.40. The molecule has 0 fully saturated rings. The molecule has 22 heavy (non-hydrogen) atoms. The van der Waals surface area contributed by atoms with E-state index in [0.29, 0.717) is 0 Å². The molecule has 0 amide bonds. The van der Waals surface area contributed by atoms with Crippen LogP contribution in [0.1, 0.15) is 103 Å². The molecule has 0 spiro atoms. The van der Waals surface area contributed by atoms with Crippen LogP contribution in [0.2, 0.25) is 22.5 Å². The Kier molecular flexibility index (Phi) is 16.8. The Morgan fingerprint density at radius 3 is 1.00 bits per heavy atom. The van der Waals surface area contributed by atoms with Crippen LogP contribution >= 0.6 is 0 Å². The Hall–Kier alpha value is 0.543. The number of unbranched alkanes of at least 4 members (excludes halogenated alkanes) is 15. The molecule has 0 bridgehead atoms. The fourth-order valence-electron chi connectivity index (χ4n) is 3.13. The Morgan fingerprint density at radius 2 is 0.727 bits per heavy atom. The van der Waals surface area contributed by atoms with Crippen LogP contribution in [0.4, 0.5) is 0 Å². The van der Waals surface area contributed by atoms with Gasteiger partial charge in [-0.2, -0.15) is 0 Å². The van der Waals surface area contributed by atoms with Gasteiger partial charge < -0.3 is 0 Å². The van der Waals surface area contributed by atoms with Crippen LogP contribution in [0, 0.1) is 6.92 Å². The second-order valence-electron chi connectivity index (χ2n) is 8.47. The van der Waals surface area contributed by atoms with Crippen molar-refractivity contribution in [1.82, 2.24) is 0 Å². The van der Waals surface area contributed by atoms with Crippen molar-refractivity contribution in [3.8, 4) is 0 Å². The van der Waals surface area contributed by atoms with Crippen LogP contribution in [0.5, 0.6) is 0 Å². The van der Waals surface area contributed by atoms with Crippen molar-refractivity contribution < 1.29 is 0 Å². The van der Waals surface area contributed by atoms with E-state index in [-0.39, 0.29) is 0 Å². The van der Waals surface area contributed by atoms with Gasteiger partial charge >= 0.3 is 106 Å². The summed E-state index contributed by atoms with van der Waals surface area (Å²) in [4.78, 5) is 0. The SMILES string of the molecule is [CH2]CCCCCCCCCCCCCCCC[CH2][Ge]([CH3])([CH3])[CH3]. The van der Waals surface area contributed by atoms with Gasteiger partial charge in [-0.05, 0) is 0 Å². The van der Waals surface area contributed by atoms with E-state index in [2.05, 4.69) is 24.2 Å². The zero-order chi connectivity index (χ0) is 16.5. The van der Waals surface area contributed by atoms with E-state index in [1.807, 2.05) is 0 Å². The van der Waals surface area contributed by atoms with Gasteiger partial charge in [-0.25, -0.2) is 0 Å². The van der Waals surface area contributed by atoms with E-state index in [1.165, 1.54) is 96.3 Å². The maximum absolute atomic E-state index is 3.90. The zero-order valence-corrected chi connectivity index (χ0v) is 18.3. The Labute approximate surface area is 145 Å². The molecule has 0 saturated carbocycles. The molecule has 0 nitrogen and oxygen atoms in total. The average Bonchev–Trinajstić information content (AvgIpc) is 2.45. The molecule has 0 aromatic heterocycles. The molecule has 0 saturated heterocycles. The van der Waals surface area contributed by atoms with Crippen molar-refractivity contribution in [1.29, 1.82) is 0 Å². The van der Waals surface area contributed by atoms with E-state index in [0.717, 1.165) is 6.42 Å². The van der Waals surface area contributed by atoms with Gasteiger partial charge in [0.2, 0.25) is 0 Å². The molecule has 0 aliphatic rings. The van der Waals surface area contributed by atoms with Crippen LogP contribution in [-0.2, 0) is 0 Å². The quantitative estimate of drug-likeness (QED) is 0.178. The van der Waals surface area contributed by atoms with E-state index in [4.69, 9.17) is 0 Å². The number of hydrogen-bond donors (Lipinski definition) is 0. The first kappa shape index (κ1) is 22.5. The second kappa shape index (κ2) is 16.4. The fourth-order valence-corrected chi connectivity index (χ4v) is 5.88. The van der Waals surface area contributed by atoms with E-state index in [1.54, 1.807) is 5.25 Å². The summed E-state index contributed by atoms with van der Waals surface area (Å²) in [5, 5.41) is 1.58. The first-order valence-electron chi connectivity index (χ1n) is 10.4. The van der Waals surface area contributed by atoms with Crippen molar-refractivity contribution >= 4 is 13.3 Å². The summed E-state index contributed by atoms with van der Waals surface area (Å²) in [6.07, 6.45) is 23.1. The summed E-state index contributed by atoms with van der Waals surface area (Å²) < 4.78 is 0. The Morgan fingerprint density at radius 1 is 0.455 bits per heavy atom. The minimum absolute atomic E-state index is 1.12.